The van der Waals surface area contributed by atoms with E-state index in [1.54, 1.807) is 12.5 Å². The molecule has 0 unspecified atom stereocenters. The second kappa shape index (κ2) is 5.05. The second-order valence-corrected chi connectivity index (χ2v) is 4.21. The Morgan fingerprint density at radius 1 is 1.29 bits per heavy atom. The van der Waals surface area contributed by atoms with Gasteiger partial charge in [0.15, 0.2) is 0 Å². The summed E-state index contributed by atoms with van der Waals surface area (Å²) in [6.07, 6.45) is 6.00. The van der Waals surface area contributed by atoms with E-state index in [-0.39, 0.29) is 0 Å². The molecular formula is C12H17N5. The fourth-order valence-corrected chi connectivity index (χ4v) is 1.67. The summed E-state index contributed by atoms with van der Waals surface area (Å²) in [5.41, 5.74) is 6.59. The monoisotopic (exact) mass is 231 g/mol. The van der Waals surface area contributed by atoms with Crippen molar-refractivity contribution in [2.75, 3.05) is 6.54 Å². The molecule has 0 fully saturated rings. The van der Waals surface area contributed by atoms with Gasteiger partial charge in [0.25, 0.3) is 0 Å². The highest BCUT2D eigenvalue weighted by atomic mass is 15.1. The molecule has 2 aromatic heterocycles. The highest BCUT2D eigenvalue weighted by Gasteiger charge is 2.08. The largest absolute Gasteiger partial charge is 0.330 e. The van der Waals surface area contributed by atoms with E-state index in [0.29, 0.717) is 12.5 Å². The van der Waals surface area contributed by atoms with Crippen LogP contribution >= 0.6 is 0 Å². The van der Waals surface area contributed by atoms with Gasteiger partial charge < -0.3 is 5.73 Å². The zero-order valence-electron chi connectivity index (χ0n) is 10.2. The Labute approximate surface area is 101 Å². The van der Waals surface area contributed by atoms with Crippen LogP contribution in [0.15, 0.2) is 24.8 Å². The predicted molar refractivity (Wildman–Crippen MR) is 66.0 cm³/mol. The summed E-state index contributed by atoms with van der Waals surface area (Å²) in [4.78, 5) is 12.8. The molecule has 2 rings (SSSR count). The molecule has 0 aromatic carbocycles. The third-order valence-corrected chi connectivity index (χ3v) is 2.60. The van der Waals surface area contributed by atoms with Crippen LogP contribution in [0.3, 0.4) is 0 Å². The van der Waals surface area contributed by atoms with Gasteiger partial charge in [-0.3, -0.25) is 4.57 Å². The molecule has 0 aliphatic carbocycles. The lowest BCUT2D eigenvalue weighted by Crippen LogP contribution is -2.10. The average Bonchev–Trinajstić information content (AvgIpc) is 2.78. The van der Waals surface area contributed by atoms with Gasteiger partial charge >= 0.3 is 0 Å². The zero-order valence-corrected chi connectivity index (χ0v) is 10.2. The quantitative estimate of drug-likeness (QED) is 0.860. The maximum Gasteiger partial charge on any atom is 0.141 e. The first-order valence-corrected chi connectivity index (χ1v) is 5.77. The molecule has 2 N–H and O–H groups in total. The lowest BCUT2D eigenvalue weighted by atomic mass is 10.1. The summed E-state index contributed by atoms with van der Waals surface area (Å²) in [6, 6.07) is 1.99. The molecule has 0 bridgehead atoms. The van der Waals surface area contributed by atoms with E-state index in [2.05, 4.69) is 28.8 Å². The van der Waals surface area contributed by atoms with Crippen molar-refractivity contribution in [1.29, 1.82) is 0 Å². The SMILES string of the molecule is CC(C)c1cc(-n2ccnc2CCN)ncn1. The van der Waals surface area contributed by atoms with Crippen molar-refractivity contribution in [1.82, 2.24) is 19.5 Å². The van der Waals surface area contributed by atoms with Gasteiger partial charge in [0, 0.05) is 30.6 Å². The highest BCUT2D eigenvalue weighted by molar-refractivity contribution is 5.27. The van der Waals surface area contributed by atoms with Crippen molar-refractivity contribution in [2.24, 2.45) is 5.73 Å². The maximum absolute atomic E-state index is 5.56. The van der Waals surface area contributed by atoms with Crippen molar-refractivity contribution in [2.45, 2.75) is 26.2 Å². The van der Waals surface area contributed by atoms with Crippen LogP contribution in [0.25, 0.3) is 5.82 Å². The van der Waals surface area contributed by atoms with E-state index in [1.165, 1.54) is 0 Å². The fourth-order valence-electron chi connectivity index (χ4n) is 1.67. The van der Waals surface area contributed by atoms with Crippen molar-refractivity contribution < 1.29 is 0 Å². The normalized spacial score (nSPS) is 11.1. The number of nitrogens with zero attached hydrogens (tertiary/aromatic N) is 4. The molecule has 5 nitrogen and oxygen atoms in total. The van der Waals surface area contributed by atoms with Crippen LogP contribution in [0.5, 0.6) is 0 Å². The van der Waals surface area contributed by atoms with Crippen LogP contribution in [0.2, 0.25) is 0 Å². The first-order chi connectivity index (χ1) is 8.22. The standard InChI is InChI=1S/C12H17N5/c1-9(2)10-7-12(16-8-15-10)17-6-5-14-11(17)3-4-13/h5-9H,3-4,13H2,1-2H3. The van der Waals surface area contributed by atoms with E-state index in [0.717, 1.165) is 23.8 Å². The van der Waals surface area contributed by atoms with Gasteiger partial charge in [-0.05, 0) is 12.5 Å². The summed E-state index contributed by atoms with van der Waals surface area (Å²) in [5, 5.41) is 0. The minimum Gasteiger partial charge on any atom is -0.330 e. The Balaban J connectivity index is 2.38. The number of hydrogen-bond acceptors (Lipinski definition) is 4. The fraction of sp³-hybridized carbons (Fsp3) is 0.417. The van der Waals surface area contributed by atoms with E-state index < -0.39 is 0 Å². The Bertz CT molecular complexity index is 489. The molecular weight excluding hydrogens is 214 g/mol. The topological polar surface area (TPSA) is 69.6 Å². The molecule has 0 saturated heterocycles. The first kappa shape index (κ1) is 11.7. The Kier molecular flexibility index (Phi) is 3.49. The molecule has 2 heterocycles. The molecule has 0 radical (unpaired) electrons. The van der Waals surface area contributed by atoms with Crippen molar-refractivity contribution in [3.05, 3.63) is 36.3 Å². The minimum atomic E-state index is 0.387. The zero-order chi connectivity index (χ0) is 12.3. The molecule has 17 heavy (non-hydrogen) atoms. The molecule has 90 valence electrons. The van der Waals surface area contributed by atoms with Crippen LogP contribution in [-0.4, -0.2) is 26.1 Å². The molecule has 0 amide bonds. The Morgan fingerprint density at radius 2 is 2.12 bits per heavy atom. The van der Waals surface area contributed by atoms with E-state index in [1.807, 2.05) is 16.8 Å². The summed E-state index contributed by atoms with van der Waals surface area (Å²) in [5.74, 6) is 2.17. The van der Waals surface area contributed by atoms with Crippen LogP contribution in [0, 0.1) is 0 Å². The highest BCUT2D eigenvalue weighted by Crippen LogP contribution is 2.14. The van der Waals surface area contributed by atoms with Crippen LogP contribution in [0.4, 0.5) is 0 Å². The number of nitrogens with two attached hydrogens (primary N) is 1. The summed E-state index contributed by atoms with van der Waals surface area (Å²) < 4.78 is 1.96. The van der Waals surface area contributed by atoms with Crippen LogP contribution in [0.1, 0.15) is 31.3 Å². The third kappa shape index (κ3) is 2.50. The van der Waals surface area contributed by atoms with Crippen molar-refractivity contribution in [3.8, 4) is 5.82 Å². The van der Waals surface area contributed by atoms with Crippen molar-refractivity contribution >= 4 is 0 Å². The molecule has 0 atom stereocenters. The number of hydrogen-bond donors (Lipinski definition) is 1. The number of rotatable bonds is 4. The summed E-state index contributed by atoms with van der Waals surface area (Å²) in [7, 11) is 0. The lowest BCUT2D eigenvalue weighted by molar-refractivity contribution is 0.785. The Hall–Kier alpha value is -1.75. The summed E-state index contributed by atoms with van der Waals surface area (Å²) in [6.45, 7) is 4.81. The van der Waals surface area contributed by atoms with Gasteiger partial charge in [-0.1, -0.05) is 13.8 Å². The summed E-state index contributed by atoms with van der Waals surface area (Å²) >= 11 is 0. The van der Waals surface area contributed by atoms with Crippen LogP contribution in [-0.2, 0) is 6.42 Å². The van der Waals surface area contributed by atoms with Gasteiger partial charge in [0.05, 0.1) is 0 Å². The lowest BCUT2D eigenvalue weighted by Gasteiger charge is -2.09. The molecule has 2 aromatic rings. The van der Waals surface area contributed by atoms with Gasteiger partial charge in [0.1, 0.15) is 18.0 Å². The molecule has 0 spiro atoms. The predicted octanol–water partition coefficient (Wildman–Crippen LogP) is 1.29. The number of imidazole rings is 1. The third-order valence-electron chi connectivity index (χ3n) is 2.60. The van der Waals surface area contributed by atoms with E-state index in [4.69, 9.17) is 5.73 Å². The van der Waals surface area contributed by atoms with E-state index in [9.17, 15) is 0 Å². The average molecular weight is 231 g/mol. The second-order valence-electron chi connectivity index (χ2n) is 4.21. The smallest absolute Gasteiger partial charge is 0.141 e. The van der Waals surface area contributed by atoms with Crippen LogP contribution < -0.4 is 5.73 Å². The molecule has 0 aliphatic rings. The Morgan fingerprint density at radius 3 is 2.82 bits per heavy atom. The molecule has 0 saturated carbocycles. The van der Waals surface area contributed by atoms with Gasteiger partial charge in [-0.15, -0.1) is 0 Å². The van der Waals surface area contributed by atoms with Gasteiger partial charge in [0.2, 0.25) is 0 Å². The molecule has 0 aliphatic heterocycles. The van der Waals surface area contributed by atoms with E-state index >= 15 is 0 Å². The first-order valence-electron chi connectivity index (χ1n) is 5.77. The number of aromatic nitrogens is 4. The molecule has 5 heteroatoms. The van der Waals surface area contributed by atoms with Crippen molar-refractivity contribution in [3.63, 3.8) is 0 Å². The maximum atomic E-state index is 5.56. The van der Waals surface area contributed by atoms with Gasteiger partial charge in [-0.25, -0.2) is 15.0 Å². The minimum absolute atomic E-state index is 0.387. The van der Waals surface area contributed by atoms with Gasteiger partial charge in [-0.2, -0.15) is 0 Å².